The number of likely N-dealkylation sites (N-methyl/N-ethyl adjacent to an activating group) is 1. The lowest BCUT2D eigenvalue weighted by molar-refractivity contribution is 0.234. The van der Waals surface area contributed by atoms with Crippen LogP contribution in [0.1, 0.15) is 12.5 Å². The molecule has 1 fully saturated rings. The first kappa shape index (κ1) is 11.9. The maximum Gasteiger partial charge on any atom is 0.0408 e. The van der Waals surface area contributed by atoms with Crippen molar-refractivity contribution in [2.24, 2.45) is 0 Å². The van der Waals surface area contributed by atoms with Crippen LogP contribution in [-0.4, -0.2) is 37.6 Å². The molecule has 0 saturated carbocycles. The van der Waals surface area contributed by atoms with Crippen LogP contribution in [0.15, 0.2) is 24.3 Å². The highest BCUT2D eigenvalue weighted by Gasteiger charge is 2.21. The van der Waals surface area contributed by atoms with Gasteiger partial charge in [0.25, 0.3) is 0 Å². The van der Waals surface area contributed by atoms with E-state index in [4.69, 9.17) is 0 Å². The second-order valence-corrected chi connectivity index (χ2v) is 5.10. The molecule has 0 amide bonds. The maximum absolute atomic E-state index is 3.56. The van der Waals surface area contributed by atoms with Crippen molar-refractivity contribution in [3.05, 3.63) is 29.8 Å². The summed E-state index contributed by atoms with van der Waals surface area (Å²) in [6, 6.07) is 9.31. The molecule has 0 N–H and O–H groups in total. The van der Waals surface area contributed by atoms with Crippen molar-refractivity contribution in [3.8, 4) is 0 Å². The molecule has 0 aromatic heterocycles. The quantitative estimate of drug-likeness (QED) is 0.770. The summed E-state index contributed by atoms with van der Waals surface area (Å²) in [5.74, 6) is 0. The molecule has 1 aliphatic rings. The molecule has 2 rings (SSSR count). The summed E-state index contributed by atoms with van der Waals surface area (Å²) in [5.41, 5.74) is 2.78. The summed E-state index contributed by atoms with van der Waals surface area (Å²) < 4.78 is 0. The third-order valence-corrected chi connectivity index (χ3v) is 4.04. The second kappa shape index (κ2) is 5.19. The van der Waals surface area contributed by atoms with Crippen molar-refractivity contribution in [2.75, 3.05) is 31.6 Å². The van der Waals surface area contributed by atoms with Gasteiger partial charge in [-0.25, -0.2) is 0 Å². The largest absolute Gasteiger partial charge is 0.368 e. The highest BCUT2D eigenvalue weighted by Crippen LogP contribution is 2.24. The topological polar surface area (TPSA) is 6.48 Å². The fraction of sp³-hybridized carbons (Fsp3) is 0.538. The molecule has 1 aliphatic heterocycles. The number of halogens is 1. The Hall–Kier alpha value is -0.540. The van der Waals surface area contributed by atoms with Gasteiger partial charge in [-0.3, -0.25) is 0 Å². The number of alkyl halides is 1. The van der Waals surface area contributed by atoms with E-state index in [9.17, 15) is 0 Å². The normalized spacial score (nSPS) is 22.4. The predicted molar refractivity (Wildman–Crippen MR) is 73.4 cm³/mol. The van der Waals surface area contributed by atoms with Crippen LogP contribution in [0.4, 0.5) is 5.69 Å². The molecule has 2 nitrogen and oxygen atoms in total. The van der Waals surface area contributed by atoms with Gasteiger partial charge in [-0.1, -0.05) is 34.1 Å². The number of rotatable bonds is 2. The van der Waals surface area contributed by atoms with Gasteiger partial charge in [-0.2, -0.15) is 0 Å². The molecule has 0 bridgehead atoms. The zero-order valence-electron chi connectivity index (χ0n) is 9.99. The van der Waals surface area contributed by atoms with Gasteiger partial charge < -0.3 is 9.80 Å². The van der Waals surface area contributed by atoms with Gasteiger partial charge in [0.2, 0.25) is 0 Å². The number of nitrogens with zero attached hydrogens (tertiary/aromatic N) is 2. The number of hydrogen-bond donors (Lipinski definition) is 0. The fourth-order valence-electron chi connectivity index (χ4n) is 2.20. The van der Waals surface area contributed by atoms with Gasteiger partial charge in [0.05, 0.1) is 0 Å². The molecule has 1 saturated heterocycles. The van der Waals surface area contributed by atoms with Crippen LogP contribution >= 0.6 is 15.9 Å². The van der Waals surface area contributed by atoms with E-state index in [0.29, 0.717) is 6.04 Å². The number of piperazine rings is 1. The van der Waals surface area contributed by atoms with Crippen molar-refractivity contribution in [1.29, 1.82) is 0 Å². The molecule has 16 heavy (non-hydrogen) atoms. The summed E-state index contributed by atoms with van der Waals surface area (Å²) in [4.78, 5) is 4.93. The maximum atomic E-state index is 3.56. The second-order valence-electron chi connectivity index (χ2n) is 4.54. The molecular weight excluding hydrogens is 264 g/mol. The number of benzene rings is 1. The summed E-state index contributed by atoms with van der Waals surface area (Å²) >= 11 is 3.56. The molecule has 1 unspecified atom stereocenters. The molecule has 1 aromatic rings. The first-order valence-corrected chi connectivity index (χ1v) is 6.93. The Morgan fingerprint density at radius 1 is 1.31 bits per heavy atom. The summed E-state index contributed by atoms with van der Waals surface area (Å²) in [6.45, 7) is 5.70. The van der Waals surface area contributed by atoms with Crippen molar-refractivity contribution < 1.29 is 0 Å². The first-order valence-electron chi connectivity index (χ1n) is 5.81. The summed E-state index contributed by atoms with van der Waals surface area (Å²) in [6.07, 6.45) is 0. The predicted octanol–water partition coefficient (Wildman–Crippen LogP) is 2.72. The molecule has 0 radical (unpaired) electrons. The standard InChI is InChI=1S/C13H19BrN2/c1-11-10-16(8-7-15(11)2)13-6-4-3-5-12(13)9-14/h3-6,11H,7-10H2,1-2H3. The monoisotopic (exact) mass is 282 g/mol. The lowest BCUT2D eigenvalue weighted by Crippen LogP contribution is -2.50. The molecule has 1 atom stereocenters. The third-order valence-electron chi connectivity index (χ3n) is 3.44. The Morgan fingerprint density at radius 3 is 2.75 bits per heavy atom. The van der Waals surface area contributed by atoms with Gasteiger partial charge in [0.1, 0.15) is 0 Å². The zero-order chi connectivity index (χ0) is 11.5. The van der Waals surface area contributed by atoms with Gasteiger partial charge >= 0.3 is 0 Å². The minimum atomic E-state index is 0.636. The van der Waals surface area contributed by atoms with E-state index in [-0.39, 0.29) is 0 Å². The highest BCUT2D eigenvalue weighted by molar-refractivity contribution is 9.08. The smallest absolute Gasteiger partial charge is 0.0408 e. The van der Waals surface area contributed by atoms with Crippen molar-refractivity contribution in [3.63, 3.8) is 0 Å². The fourth-order valence-corrected chi connectivity index (χ4v) is 2.67. The van der Waals surface area contributed by atoms with E-state index in [1.54, 1.807) is 0 Å². The van der Waals surface area contributed by atoms with Gasteiger partial charge in [-0.05, 0) is 25.6 Å². The molecule has 0 spiro atoms. The average Bonchev–Trinajstić information content (AvgIpc) is 2.32. The minimum absolute atomic E-state index is 0.636. The van der Waals surface area contributed by atoms with Gasteiger partial charge in [-0.15, -0.1) is 0 Å². The van der Waals surface area contributed by atoms with Gasteiger partial charge in [0, 0.05) is 36.7 Å². The van der Waals surface area contributed by atoms with Crippen molar-refractivity contribution in [1.82, 2.24) is 4.90 Å². The van der Waals surface area contributed by atoms with E-state index >= 15 is 0 Å². The van der Waals surface area contributed by atoms with Crippen LogP contribution in [0.3, 0.4) is 0 Å². The van der Waals surface area contributed by atoms with Crippen LogP contribution in [0.5, 0.6) is 0 Å². The third kappa shape index (κ3) is 2.41. The molecular formula is C13H19BrN2. The molecule has 88 valence electrons. The Kier molecular flexibility index (Phi) is 3.87. The number of para-hydroxylation sites is 1. The van der Waals surface area contributed by atoms with E-state index < -0.39 is 0 Å². The van der Waals surface area contributed by atoms with E-state index in [1.807, 2.05) is 0 Å². The van der Waals surface area contributed by atoms with Crippen LogP contribution in [-0.2, 0) is 5.33 Å². The van der Waals surface area contributed by atoms with E-state index in [2.05, 4.69) is 64.0 Å². The van der Waals surface area contributed by atoms with Crippen LogP contribution < -0.4 is 4.90 Å². The van der Waals surface area contributed by atoms with E-state index in [1.165, 1.54) is 11.3 Å². The van der Waals surface area contributed by atoms with Gasteiger partial charge in [0.15, 0.2) is 0 Å². The van der Waals surface area contributed by atoms with Crippen molar-refractivity contribution >= 4 is 21.6 Å². The average molecular weight is 283 g/mol. The Bertz CT molecular complexity index is 354. The number of anilines is 1. The lowest BCUT2D eigenvalue weighted by atomic mass is 10.1. The lowest BCUT2D eigenvalue weighted by Gasteiger charge is -2.39. The molecule has 3 heteroatoms. The summed E-state index contributed by atoms with van der Waals surface area (Å²) in [5, 5.41) is 0.934. The Balaban J connectivity index is 2.18. The van der Waals surface area contributed by atoms with Crippen LogP contribution in [0.25, 0.3) is 0 Å². The van der Waals surface area contributed by atoms with Crippen LogP contribution in [0.2, 0.25) is 0 Å². The van der Waals surface area contributed by atoms with Crippen molar-refractivity contribution in [2.45, 2.75) is 18.3 Å². The van der Waals surface area contributed by atoms with E-state index in [0.717, 1.165) is 25.0 Å². The molecule has 0 aliphatic carbocycles. The SMILES string of the molecule is CC1CN(c2ccccc2CBr)CCN1C. The Labute approximate surface area is 106 Å². The zero-order valence-corrected chi connectivity index (χ0v) is 11.6. The first-order chi connectivity index (χ1) is 7.72. The molecule has 1 heterocycles. The minimum Gasteiger partial charge on any atom is -0.368 e. The van der Waals surface area contributed by atoms with Crippen LogP contribution in [0, 0.1) is 0 Å². The Morgan fingerprint density at radius 2 is 2.06 bits per heavy atom. The number of hydrogen-bond acceptors (Lipinski definition) is 2. The summed E-state index contributed by atoms with van der Waals surface area (Å²) in [7, 11) is 2.21. The molecule has 1 aromatic carbocycles. The highest BCUT2D eigenvalue weighted by atomic mass is 79.9.